The Morgan fingerprint density at radius 2 is 1.81 bits per heavy atom. The molecule has 0 spiro atoms. The van der Waals surface area contributed by atoms with Gasteiger partial charge in [-0.15, -0.1) is 12.4 Å². The normalized spacial score (nSPS) is 14.4. The van der Waals surface area contributed by atoms with Crippen molar-refractivity contribution >= 4 is 36.1 Å². The molecule has 0 aromatic heterocycles. The van der Waals surface area contributed by atoms with Crippen LogP contribution in [0.3, 0.4) is 0 Å². The number of amides is 3. The molecule has 27 heavy (non-hydrogen) atoms. The maximum atomic E-state index is 12.9. The van der Waals surface area contributed by atoms with Gasteiger partial charge in [-0.05, 0) is 38.8 Å². The Labute approximate surface area is 163 Å². The van der Waals surface area contributed by atoms with Crippen LogP contribution in [-0.2, 0) is 20.9 Å². The van der Waals surface area contributed by atoms with E-state index >= 15 is 0 Å². The summed E-state index contributed by atoms with van der Waals surface area (Å²) in [6.45, 7) is 5.09. The van der Waals surface area contributed by atoms with Gasteiger partial charge in [0.15, 0.2) is 0 Å². The molecule has 0 saturated carbocycles. The van der Waals surface area contributed by atoms with Crippen LogP contribution in [0.25, 0.3) is 0 Å². The first-order chi connectivity index (χ1) is 12.1. The van der Waals surface area contributed by atoms with Crippen LogP contribution in [0.4, 0.5) is 0 Å². The Bertz CT molecular complexity index is 773. The van der Waals surface area contributed by atoms with E-state index in [1.807, 2.05) is 0 Å². The number of carbonyl (C=O) groups is 4. The second-order valence-corrected chi connectivity index (χ2v) is 7.08. The molecule has 9 heteroatoms. The van der Waals surface area contributed by atoms with Gasteiger partial charge in [0.05, 0.1) is 11.1 Å². The highest BCUT2D eigenvalue weighted by Crippen LogP contribution is 2.29. The number of nitrogens with two attached hydrogens (primary N) is 2. The molecule has 1 aliphatic rings. The molecular weight excluding hydrogens is 374 g/mol. The second-order valence-electron chi connectivity index (χ2n) is 7.08. The molecule has 0 saturated heterocycles. The summed E-state index contributed by atoms with van der Waals surface area (Å²) < 4.78 is 5.33. The Morgan fingerprint density at radius 3 is 2.33 bits per heavy atom. The van der Waals surface area contributed by atoms with Crippen molar-refractivity contribution in [2.24, 2.45) is 11.5 Å². The number of primary amides is 1. The lowest BCUT2D eigenvalue weighted by Gasteiger charge is -2.28. The number of rotatable bonds is 6. The highest BCUT2D eigenvalue weighted by molar-refractivity contribution is 6.23. The van der Waals surface area contributed by atoms with Crippen LogP contribution >= 0.6 is 12.4 Å². The summed E-state index contributed by atoms with van der Waals surface area (Å²) in [5.74, 6) is -2.63. The van der Waals surface area contributed by atoms with Crippen LogP contribution in [-0.4, -0.2) is 40.2 Å². The first-order valence-corrected chi connectivity index (χ1v) is 8.28. The summed E-state index contributed by atoms with van der Waals surface area (Å²) in [6.07, 6.45) is -0.269. The fraction of sp³-hybridized carbons (Fsp3) is 0.444. The molecule has 3 amide bonds. The lowest BCUT2D eigenvalue weighted by molar-refractivity contribution is -0.160. The predicted octanol–water partition coefficient (Wildman–Crippen LogP) is 1.14. The van der Waals surface area contributed by atoms with E-state index < -0.39 is 35.3 Å². The summed E-state index contributed by atoms with van der Waals surface area (Å²) in [7, 11) is 0. The molecule has 1 aliphatic heterocycles. The van der Waals surface area contributed by atoms with E-state index in [0.717, 1.165) is 4.90 Å². The van der Waals surface area contributed by atoms with Crippen molar-refractivity contribution in [2.75, 3.05) is 0 Å². The summed E-state index contributed by atoms with van der Waals surface area (Å²) in [5, 5.41) is 0. The minimum absolute atomic E-state index is 0. The number of carbonyl (C=O) groups excluding carboxylic acids is 4. The summed E-state index contributed by atoms with van der Waals surface area (Å²) >= 11 is 0. The first kappa shape index (κ1) is 22.6. The molecule has 0 bridgehead atoms. The van der Waals surface area contributed by atoms with Gasteiger partial charge >= 0.3 is 5.97 Å². The molecule has 8 nitrogen and oxygen atoms in total. The highest BCUT2D eigenvalue weighted by Gasteiger charge is 2.45. The molecule has 0 unspecified atom stereocenters. The van der Waals surface area contributed by atoms with E-state index in [-0.39, 0.29) is 42.9 Å². The van der Waals surface area contributed by atoms with Crippen molar-refractivity contribution in [3.63, 3.8) is 0 Å². The minimum atomic E-state index is -1.24. The van der Waals surface area contributed by atoms with Gasteiger partial charge in [-0.1, -0.05) is 12.1 Å². The molecule has 148 valence electrons. The number of halogens is 1. The largest absolute Gasteiger partial charge is 0.458 e. The van der Waals surface area contributed by atoms with Gasteiger partial charge in [0.1, 0.15) is 11.6 Å². The standard InChI is InChI=1S/C18H23N3O5.ClH/c1-18(2,3)26-17(25)12(7-8-13(20)22)21-15(23)11-6-4-5-10(9-19)14(11)16(21)24;/h4-6,12H,7-9,19H2,1-3H3,(H2,20,22);1H/t12-;/m0./s1. The molecule has 0 fully saturated rings. The molecule has 2 rings (SSSR count). The first-order valence-electron chi connectivity index (χ1n) is 8.28. The van der Waals surface area contributed by atoms with E-state index in [4.69, 9.17) is 16.2 Å². The van der Waals surface area contributed by atoms with Gasteiger partial charge in [-0.25, -0.2) is 4.79 Å². The monoisotopic (exact) mass is 397 g/mol. The third kappa shape index (κ3) is 4.84. The smallest absolute Gasteiger partial charge is 0.329 e. The fourth-order valence-corrected chi connectivity index (χ4v) is 2.83. The molecule has 1 aromatic carbocycles. The number of esters is 1. The molecule has 4 N–H and O–H groups in total. The molecule has 0 aliphatic carbocycles. The van der Waals surface area contributed by atoms with Crippen LogP contribution in [0, 0.1) is 0 Å². The summed E-state index contributed by atoms with van der Waals surface area (Å²) in [5.41, 5.74) is 10.9. The van der Waals surface area contributed by atoms with E-state index in [1.54, 1.807) is 32.9 Å². The number of ether oxygens (including phenoxy) is 1. The highest BCUT2D eigenvalue weighted by atomic mass is 35.5. The van der Waals surface area contributed by atoms with Crippen molar-refractivity contribution in [2.45, 2.75) is 51.8 Å². The molecule has 1 aromatic rings. The molecule has 1 heterocycles. The number of imide groups is 1. The van der Waals surface area contributed by atoms with Crippen molar-refractivity contribution in [1.82, 2.24) is 4.90 Å². The second kappa shape index (κ2) is 8.49. The maximum Gasteiger partial charge on any atom is 0.329 e. The number of nitrogens with zero attached hydrogens (tertiary/aromatic N) is 1. The third-order valence-electron chi connectivity index (χ3n) is 3.91. The zero-order valence-electron chi connectivity index (χ0n) is 15.5. The number of fused-ring (bicyclic) bond motifs is 1. The van der Waals surface area contributed by atoms with Crippen molar-refractivity contribution < 1.29 is 23.9 Å². The Morgan fingerprint density at radius 1 is 1.19 bits per heavy atom. The van der Waals surface area contributed by atoms with Gasteiger partial charge in [0, 0.05) is 13.0 Å². The predicted molar refractivity (Wildman–Crippen MR) is 100 cm³/mol. The van der Waals surface area contributed by atoms with Crippen LogP contribution in [0.5, 0.6) is 0 Å². The van der Waals surface area contributed by atoms with Crippen molar-refractivity contribution in [1.29, 1.82) is 0 Å². The SMILES string of the molecule is CC(C)(C)OC(=O)[C@H](CCC(N)=O)N1C(=O)c2cccc(CN)c2C1=O.Cl. The Kier molecular flexibility index (Phi) is 7.11. The molecule has 1 atom stereocenters. The molecule has 0 radical (unpaired) electrons. The summed E-state index contributed by atoms with van der Waals surface area (Å²) in [6, 6.07) is 3.55. The fourth-order valence-electron chi connectivity index (χ4n) is 2.83. The number of hydrogen-bond donors (Lipinski definition) is 2. The number of benzene rings is 1. The van der Waals surface area contributed by atoms with Crippen molar-refractivity contribution in [3.8, 4) is 0 Å². The lowest BCUT2D eigenvalue weighted by Crippen LogP contribution is -2.47. The van der Waals surface area contributed by atoms with E-state index in [0.29, 0.717) is 5.56 Å². The van der Waals surface area contributed by atoms with Gasteiger partial charge < -0.3 is 16.2 Å². The average Bonchev–Trinajstić information content (AvgIpc) is 2.78. The zero-order valence-corrected chi connectivity index (χ0v) is 16.3. The quantitative estimate of drug-likeness (QED) is 0.546. The topological polar surface area (TPSA) is 133 Å². The van der Waals surface area contributed by atoms with Crippen LogP contribution < -0.4 is 11.5 Å². The number of hydrogen-bond acceptors (Lipinski definition) is 6. The minimum Gasteiger partial charge on any atom is -0.458 e. The van der Waals surface area contributed by atoms with Gasteiger partial charge in [-0.3, -0.25) is 19.3 Å². The zero-order chi connectivity index (χ0) is 19.6. The van der Waals surface area contributed by atoms with Crippen LogP contribution in [0.2, 0.25) is 0 Å². The van der Waals surface area contributed by atoms with Gasteiger partial charge in [0.25, 0.3) is 11.8 Å². The van der Waals surface area contributed by atoms with Crippen LogP contribution in [0.1, 0.15) is 59.9 Å². The van der Waals surface area contributed by atoms with E-state index in [2.05, 4.69) is 0 Å². The van der Waals surface area contributed by atoms with E-state index in [9.17, 15) is 19.2 Å². The Balaban J connectivity index is 0.00000364. The molecular formula is C18H24ClN3O5. The lowest BCUT2D eigenvalue weighted by atomic mass is 10.0. The van der Waals surface area contributed by atoms with Crippen LogP contribution in [0.15, 0.2) is 18.2 Å². The Hall–Kier alpha value is -2.45. The van der Waals surface area contributed by atoms with Gasteiger partial charge in [-0.2, -0.15) is 0 Å². The van der Waals surface area contributed by atoms with Gasteiger partial charge in [0.2, 0.25) is 5.91 Å². The van der Waals surface area contributed by atoms with Crippen molar-refractivity contribution in [3.05, 3.63) is 34.9 Å². The maximum absolute atomic E-state index is 12.9. The third-order valence-corrected chi connectivity index (χ3v) is 3.91. The van der Waals surface area contributed by atoms with E-state index in [1.165, 1.54) is 6.07 Å². The summed E-state index contributed by atoms with van der Waals surface area (Å²) in [4.78, 5) is 50.3. The average molecular weight is 398 g/mol.